The zero-order valence-electron chi connectivity index (χ0n) is 16.5. The van der Waals surface area contributed by atoms with Crippen LogP contribution in [0.4, 0.5) is 10.9 Å². The van der Waals surface area contributed by atoms with Crippen molar-refractivity contribution in [3.8, 4) is 11.3 Å². The fraction of sp³-hybridized carbons (Fsp3) is 0.250. The van der Waals surface area contributed by atoms with Crippen LogP contribution in [0.1, 0.15) is 16.8 Å². The highest BCUT2D eigenvalue weighted by Crippen LogP contribution is 2.34. The van der Waals surface area contributed by atoms with Crippen LogP contribution in [0.5, 0.6) is 0 Å². The zero-order chi connectivity index (χ0) is 21.6. The van der Waals surface area contributed by atoms with Crippen LogP contribution in [0.25, 0.3) is 11.3 Å². The number of aromatic nitrogens is 2. The van der Waals surface area contributed by atoms with Crippen LogP contribution < -0.4 is 15.8 Å². The molecule has 2 aromatic heterocycles. The topological polar surface area (TPSA) is 132 Å². The predicted molar refractivity (Wildman–Crippen MR) is 117 cm³/mol. The number of nitrogen functional groups attached to an aromatic ring is 1. The molecule has 0 spiro atoms. The molecule has 8 nitrogen and oxygen atoms in total. The molecule has 0 saturated heterocycles. The van der Waals surface area contributed by atoms with Crippen molar-refractivity contribution >= 4 is 38.2 Å². The molecular formula is C20H21N5O3S2. The number of amides is 1. The van der Waals surface area contributed by atoms with Crippen molar-refractivity contribution in [1.29, 1.82) is 0 Å². The quantitative estimate of drug-likeness (QED) is 0.635. The molecule has 30 heavy (non-hydrogen) atoms. The molecule has 1 aliphatic rings. The van der Waals surface area contributed by atoms with Gasteiger partial charge in [0, 0.05) is 18.5 Å². The Morgan fingerprint density at radius 3 is 2.57 bits per heavy atom. The highest BCUT2D eigenvalue weighted by atomic mass is 32.2. The molecule has 156 valence electrons. The molecule has 1 atom stereocenters. The maximum Gasteiger partial charge on any atom is 0.249 e. The Hall–Kier alpha value is -2.82. The van der Waals surface area contributed by atoms with Gasteiger partial charge in [0.05, 0.1) is 11.4 Å². The fourth-order valence-corrected chi connectivity index (χ4v) is 5.62. The molecule has 4 rings (SSSR count). The molecule has 0 radical (unpaired) electrons. The van der Waals surface area contributed by atoms with Gasteiger partial charge in [-0.15, -0.1) is 0 Å². The molecule has 1 aromatic carbocycles. The minimum Gasteiger partial charge on any atom is -0.384 e. The van der Waals surface area contributed by atoms with Crippen LogP contribution in [0.2, 0.25) is 0 Å². The fourth-order valence-electron chi connectivity index (χ4n) is 3.71. The highest BCUT2D eigenvalue weighted by molar-refractivity contribution is 7.91. The van der Waals surface area contributed by atoms with Gasteiger partial charge in [0.15, 0.2) is 9.34 Å². The number of hydrogen-bond donors (Lipinski definition) is 2. The van der Waals surface area contributed by atoms with Crippen molar-refractivity contribution in [3.63, 3.8) is 0 Å². The number of pyridine rings is 1. The van der Waals surface area contributed by atoms with Gasteiger partial charge in [0.2, 0.25) is 15.9 Å². The van der Waals surface area contributed by atoms with Crippen LogP contribution in [-0.4, -0.2) is 31.3 Å². The molecule has 0 bridgehead atoms. The Balaban J connectivity index is 1.55. The van der Waals surface area contributed by atoms with E-state index < -0.39 is 10.0 Å². The van der Waals surface area contributed by atoms with E-state index in [1.165, 1.54) is 4.90 Å². The van der Waals surface area contributed by atoms with Gasteiger partial charge in [0.25, 0.3) is 0 Å². The summed E-state index contributed by atoms with van der Waals surface area (Å²) in [5.74, 6) is 0.112. The molecule has 0 unspecified atom stereocenters. The van der Waals surface area contributed by atoms with E-state index in [9.17, 15) is 13.2 Å². The molecule has 2 heterocycles. The third-order valence-electron chi connectivity index (χ3n) is 5.17. The van der Waals surface area contributed by atoms with E-state index in [0.29, 0.717) is 29.5 Å². The molecule has 0 fully saturated rings. The van der Waals surface area contributed by atoms with E-state index in [1.54, 1.807) is 20.0 Å². The average Bonchev–Trinajstić information content (AvgIpc) is 3.29. The first-order chi connectivity index (χ1) is 14.1. The number of rotatable bonds is 4. The van der Waals surface area contributed by atoms with Crippen molar-refractivity contribution in [3.05, 3.63) is 53.2 Å². The summed E-state index contributed by atoms with van der Waals surface area (Å²) < 4.78 is 23.3. The van der Waals surface area contributed by atoms with Crippen molar-refractivity contribution in [1.82, 2.24) is 9.97 Å². The Morgan fingerprint density at radius 1 is 1.17 bits per heavy atom. The Kier molecular flexibility index (Phi) is 5.08. The normalized spacial score (nSPS) is 15.8. The molecule has 0 aliphatic heterocycles. The minimum absolute atomic E-state index is 0.0221. The third-order valence-corrected chi connectivity index (χ3v) is 7.96. The van der Waals surface area contributed by atoms with E-state index >= 15 is 0 Å². The summed E-state index contributed by atoms with van der Waals surface area (Å²) in [6.07, 6.45) is 1.22. The number of hydrogen-bond acceptors (Lipinski definition) is 7. The van der Waals surface area contributed by atoms with E-state index in [1.807, 2.05) is 24.3 Å². The summed E-state index contributed by atoms with van der Waals surface area (Å²) in [4.78, 5) is 23.1. The second-order valence-electron chi connectivity index (χ2n) is 7.35. The van der Waals surface area contributed by atoms with Gasteiger partial charge >= 0.3 is 0 Å². The summed E-state index contributed by atoms with van der Waals surface area (Å²) in [5, 5.41) is 5.55. The monoisotopic (exact) mass is 443 g/mol. The summed E-state index contributed by atoms with van der Waals surface area (Å²) in [7, 11) is -2.26. The molecule has 1 aliphatic carbocycles. The standard InChI is InChI=1S/C20H21N5O3S2/c1-11-19(30(22,27)28)29-20(23-11)25(2)18(26)15-8-12-6-7-13(9-14(12)10-15)16-4-3-5-17(21)24-16/h3-7,9,15H,8,10H2,1-2H3,(H2,21,24)(H2,22,27,28)/t15-/m1/s1. The van der Waals surface area contributed by atoms with Crippen LogP contribution >= 0.6 is 11.3 Å². The second-order valence-corrected chi connectivity index (χ2v) is 10.1. The first-order valence-corrected chi connectivity index (χ1v) is 11.6. The van der Waals surface area contributed by atoms with Crippen molar-refractivity contribution in [2.75, 3.05) is 17.7 Å². The third kappa shape index (κ3) is 3.81. The summed E-state index contributed by atoms with van der Waals surface area (Å²) in [5.41, 5.74) is 10.0. The van der Waals surface area contributed by atoms with Crippen molar-refractivity contribution in [2.45, 2.75) is 24.0 Å². The average molecular weight is 444 g/mol. The van der Waals surface area contributed by atoms with Gasteiger partial charge in [-0.3, -0.25) is 9.69 Å². The number of carbonyl (C=O) groups is 1. The largest absolute Gasteiger partial charge is 0.384 e. The number of sulfonamides is 1. The molecule has 4 N–H and O–H groups in total. The number of primary sulfonamides is 1. The number of carbonyl (C=O) groups excluding carboxylic acids is 1. The van der Waals surface area contributed by atoms with Gasteiger partial charge in [-0.05, 0) is 49.1 Å². The number of nitrogens with two attached hydrogens (primary N) is 2. The first-order valence-electron chi connectivity index (χ1n) is 9.26. The zero-order valence-corrected chi connectivity index (χ0v) is 18.1. The minimum atomic E-state index is -3.87. The molecule has 3 aromatic rings. The van der Waals surface area contributed by atoms with E-state index in [0.717, 1.165) is 33.7 Å². The van der Waals surface area contributed by atoms with Crippen LogP contribution in [0, 0.1) is 12.8 Å². The summed E-state index contributed by atoms with van der Waals surface area (Å²) >= 11 is 0.908. The lowest BCUT2D eigenvalue weighted by Gasteiger charge is -2.18. The van der Waals surface area contributed by atoms with E-state index in [4.69, 9.17) is 10.9 Å². The highest BCUT2D eigenvalue weighted by Gasteiger charge is 2.32. The van der Waals surface area contributed by atoms with Gasteiger partial charge in [-0.25, -0.2) is 23.5 Å². The number of benzene rings is 1. The van der Waals surface area contributed by atoms with E-state index in [-0.39, 0.29) is 16.0 Å². The Bertz CT molecular complexity index is 1250. The van der Waals surface area contributed by atoms with Gasteiger partial charge in [-0.2, -0.15) is 0 Å². The van der Waals surface area contributed by atoms with Crippen molar-refractivity contribution in [2.24, 2.45) is 11.1 Å². The number of fused-ring (bicyclic) bond motifs is 1. The number of nitrogens with zero attached hydrogens (tertiary/aromatic N) is 3. The van der Waals surface area contributed by atoms with Gasteiger partial charge in [0.1, 0.15) is 5.82 Å². The number of aryl methyl sites for hydroxylation is 1. The van der Waals surface area contributed by atoms with Gasteiger partial charge in [-0.1, -0.05) is 29.5 Å². The SMILES string of the molecule is Cc1nc(N(C)C(=O)[C@@H]2Cc3ccc(-c4cccc(N)n4)cc3C2)sc1S(N)(=O)=O. The first kappa shape index (κ1) is 20.5. The molecule has 10 heteroatoms. The number of thiazole rings is 1. The second kappa shape index (κ2) is 7.46. The maximum absolute atomic E-state index is 13.1. The smallest absolute Gasteiger partial charge is 0.249 e. The Morgan fingerprint density at radius 2 is 1.90 bits per heavy atom. The lowest BCUT2D eigenvalue weighted by Crippen LogP contribution is -2.33. The molecular weight excluding hydrogens is 422 g/mol. The van der Waals surface area contributed by atoms with Gasteiger partial charge < -0.3 is 5.73 Å². The predicted octanol–water partition coefficient (Wildman–Crippen LogP) is 2.12. The lowest BCUT2D eigenvalue weighted by molar-refractivity contribution is -0.121. The van der Waals surface area contributed by atoms with Crippen LogP contribution in [0.3, 0.4) is 0 Å². The van der Waals surface area contributed by atoms with E-state index in [2.05, 4.69) is 16.0 Å². The van der Waals surface area contributed by atoms with Crippen molar-refractivity contribution < 1.29 is 13.2 Å². The van der Waals surface area contributed by atoms with Crippen LogP contribution in [0.15, 0.2) is 40.6 Å². The maximum atomic E-state index is 13.1. The molecule has 1 amide bonds. The Labute approximate surface area is 178 Å². The summed E-state index contributed by atoms with van der Waals surface area (Å²) in [6, 6.07) is 11.6. The lowest BCUT2D eigenvalue weighted by atomic mass is 10.0. The summed E-state index contributed by atoms with van der Waals surface area (Å²) in [6.45, 7) is 1.56. The number of anilines is 2. The molecule has 0 saturated carbocycles. The van der Waals surface area contributed by atoms with Crippen LogP contribution in [-0.2, 0) is 27.7 Å².